The Hall–Kier alpha value is -3.42. The van der Waals surface area contributed by atoms with Crippen LogP contribution in [-0.4, -0.2) is 49.6 Å². The van der Waals surface area contributed by atoms with Gasteiger partial charge in [-0.05, 0) is 50.5 Å². The minimum Gasteiger partial charge on any atom is -0.480 e. The van der Waals surface area contributed by atoms with Crippen LogP contribution in [0.2, 0.25) is 0 Å². The lowest BCUT2D eigenvalue weighted by molar-refractivity contribution is -0.146. The number of hydrogen-bond donors (Lipinski definition) is 0. The fraction of sp³-hybridized carbons (Fsp3) is 0.391. The number of carbonyl (C=O) groups is 1. The summed E-state index contributed by atoms with van der Waals surface area (Å²) < 4.78 is 9.15. The number of amides is 1. The Morgan fingerprint density at radius 1 is 1.13 bits per heavy atom. The Labute approximate surface area is 180 Å². The molecule has 0 radical (unpaired) electrons. The number of benzene rings is 1. The topological polar surface area (TPSA) is 82.2 Å². The molecule has 3 aromatic rings. The van der Waals surface area contributed by atoms with Crippen LogP contribution in [0.25, 0.3) is 5.82 Å². The number of likely N-dealkylation sites (tertiary alicyclic amines) is 1. The summed E-state index contributed by atoms with van der Waals surface area (Å²) in [6.07, 6.45) is 1.12. The van der Waals surface area contributed by atoms with Gasteiger partial charge in [0.1, 0.15) is 5.75 Å². The second-order valence-electron chi connectivity index (χ2n) is 8.41. The van der Waals surface area contributed by atoms with Crippen molar-refractivity contribution in [3.05, 3.63) is 69.8 Å². The van der Waals surface area contributed by atoms with Gasteiger partial charge in [0.2, 0.25) is 0 Å². The predicted molar refractivity (Wildman–Crippen MR) is 114 cm³/mol. The maximum Gasteiger partial charge on any atom is 0.266 e. The molecule has 1 unspecified atom stereocenters. The molecule has 0 saturated carbocycles. The quantitative estimate of drug-likeness (QED) is 0.645. The number of aryl methyl sites for hydroxylation is 3. The maximum absolute atomic E-state index is 12.8. The third-order valence-corrected chi connectivity index (χ3v) is 5.97. The maximum atomic E-state index is 12.8. The molecule has 1 fully saturated rings. The molecule has 1 aromatic carbocycles. The lowest BCUT2D eigenvalue weighted by Gasteiger charge is -2.41. The number of hydrogen-bond acceptors (Lipinski definition) is 5. The van der Waals surface area contributed by atoms with Crippen LogP contribution in [0.3, 0.4) is 0 Å². The highest BCUT2D eigenvalue weighted by atomic mass is 16.5. The standard InChI is InChI=1S/C23H25N5O3/c1-15-11-16(2)28(24-15)21-9-10-22(29)27(25-21)14-17-12-26(13-17)23(30)20-8-7-18-5-3-4-6-19(18)31-20/h3-6,9-11,17,20H,7-8,12-14H2,1-2H3. The van der Waals surface area contributed by atoms with Gasteiger partial charge in [-0.15, -0.1) is 5.10 Å². The van der Waals surface area contributed by atoms with Gasteiger partial charge < -0.3 is 9.64 Å². The average Bonchev–Trinajstić information content (AvgIpc) is 3.08. The van der Waals surface area contributed by atoms with E-state index in [9.17, 15) is 9.59 Å². The van der Waals surface area contributed by atoms with Gasteiger partial charge in [0.25, 0.3) is 11.5 Å². The van der Waals surface area contributed by atoms with E-state index in [-0.39, 0.29) is 17.4 Å². The molecule has 8 heteroatoms. The van der Waals surface area contributed by atoms with Crippen molar-refractivity contribution in [3.8, 4) is 11.6 Å². The van der Waals surface area contributed by atoms with E-state index in [0.29, 0.717) is 31.9 Å². The number of rotatable bonds is 4. The second-order valence-corrected chi connectivity index (χ2v) is 8.41. The fourth-order valence-corrected chi connectivity index (χ4v) is 4.35. The van der Waals surface area contributed by atoms with Crippen molar-refractivity contribution in [1.82, 2.24) is 24.5 Å². The van der Waals surface area contributed by atoms with Gasteiger partial charge in [-0.25, -0.2) is 9.36 Å². The molecule has 0 bridgehead atoms. The second kappa shape index (κ2) is 7.68. The highest BCUT2D eigenvalue weighted by molar-refractivity contribution is 5.82. The third kappa shape index (κ3) is 3.73. The summed E-state index contributed by atoms with van der Waals surface area (Å²) in [6.45, 7) is 5.58. The molecule has 2 aromatic heterocycles. The van der Waals surface area contributed by atoms with Gasteiger partial charge in [0.05, 0.1) is 12.2 Å². The molecule has 1 amide bonds. The summed E-state index contributed by atoms with van der Waals surface area (Å²) in [4.78, 5) is 27.0. The number of fused-ring (bicyclic) bond motifs is 1. The Morgan fingerprint density at radius 2 is 1.94 bits per heavy atom. The van der Waals surface area contributed by atoms with Crippen LogP contribution in [0, 0.1) is 19.8 Å². The van der Waals surface area contributed by atoms with E-state index in [1.807, 2.05) is 49.1 Å². The molecule has 1 saturated heterocycles. The van der Waals surface area contributed by atoms with E-state index in [1.165, 1.54) is 10.7 Å². The van der Waals surface area contributed by atoms with Gasteiger partial charge in [0.15, 0.2) is 11.9 Å². The van der Waals surface area contributed by atoms with Crippen LogP contribution in [0.4, 0.5) is 0 Å². The SMILES string of the molecule is Cc1cc(C)n(-c2ccc(=O)n(CC3CN(C(=O)C4CCc5ccccc5O4)C3)n2)n1. The van der Waals surface area contributed by atoms with Crippen molar-refractivity contribution in [2.45, 2.75) is 39.3 Å². The lowest BCUT2D eigenvalue weighted by Crippen LogP contribution is -2.56. The number of carbonyl (C=O) groups excluding carboxylic acids is 1. The zero-order valence-electron chi connectivity index (χ0n) is 17.7. The molecular formula is C23H25N5O3. The van der Waals surface area contributed by atoms with E-state index >= 15 is 0 Å². The van der Waals surface area contributed by atoms with Crippen LogP contribution in [-0.2, 0) is 17.8 Å². The monoisotopic (exact) mass is 419 g/mol. The van der Waals surface area contributed by atoms with Crippen molar-refractivity contribution < 1.29 is 9.53 Å². The van der Waals surface area contributed by atoms with Gasteiger partial charge in [-0.1, -0.05) is 18.2 Å². The summed E-state index contributed by atoms with van der Waals surface area (Å²) in [5.41, 5.74) is 2.87. The van der Waals surface area contributed by atoms with Gasteiger partial charge in [-0.3, -0.25) is 9.59 Å². The Balaban J connectivity index is 1.22. The van der Waals surface area contributed by atoms with Crippen LogP contribution >= 0.6 is 0 Å². The first-order valence-corrected chi connectivity index (χ1v) is 10.6. The minimum absolute atomic E-state index is 0.0300. The highest BCUT2D eigenvalue weighted by Gasteiger charge is 2.37. The van der Waals surface area contributed by atoms with E-state index in [2.05, 4.69) is 10.2 Å². The zero-order chi connectivity index (χ0) is 21.5. The van der Waals surface area contributed by atoms with Crippen LogP contribution in [0.1, 0.15) is 23.4 Å². The highest BCUT2D eigenvalue weighted by Crippen LogP contribution is 2.29. The number of aromatic nitrogens is 4. The number of ether oxygens (including phenoxy) is 1. The predicted octanol–water partition coefficient (Wildman–Crippen LogP) is 1.90. The Morgan fingerprint density at radius 3 is 2.71 bits per heavy atom. The molecule has 2 aliphatic rings. The van der Waals surface area contributed by atoms with Crippen molar-refractivity contribution in [3.63, 3.8) is 0 Å². The number of para-hydroxylation sites is 1. The summed E-state index contributed by atoms with van der Waals surface area (Å²) in [7, 11) is 0. The summed E-state index contributed by atoms with van der Waals surface area (Å²) in [5, 5.41) is 8.94. The molecule has 0 aliphatic carbocycles. The first-order valence-electron chi connectivity index (χ1n) is 10.6. The van der Waals surface area contributed by atoms with E-state index in [4.69, 9.17) is 4.74 Å². The first kappa shape index (κ1) is 19.5. The summed E-state index contributed by atoms with van der Waals surface area (Å²) in [6, 6.07) is 13.1. The zero-order valence-corrected chi connectivity index (χ0v) is 17.7. The van der Waals surface area contributed by atoms with Crippen LogP contribution in [0.15, 0.2) is 47.3 Å². The normalized spacial score (nSPS) is 18.3. The van der Waals surface area contributed by atoms with Crippen molar-refractivity contribution >= 4 is 5.91 Å². The molecule has 1 atom stereocenters. The largest absolute Gasteiger partial charge is 0.480 e. The van der Waals surface area contributed by atoms with Gasteiger partial charge in [-0.2, -0.15) is 5.10 Å². The minimum atomic E-state index is -0.425. The molecule has 2 aliphatic heterocycles. The molecule has 8 nitrogen and oxygen atoms in total. The Bertz CT molecular complexity index is 1190. The van der Waals surface area contributed by atoms with Gasteiger partial charge in [0, 0.05) is 30.8 Å². The molecule has 4 heterocycles. The van der Waals surface area contributed by atoms with E-state index in [0.717, 1.165) is 29.1 Å². The summed E-state index contributed by atoms with van der Waals surface area (Å²) >= 11 is 0. The van der Waals surface area contributed by atoms with Gasteiger partial charge >= 0.3 is 0 Å². The van der Waals surface area contributed by atoms with Crippen molar-refractivity contribution in [2.24, 2.45) is 5.92 Å². The first-order chi connectivity index (χ1) is 15.0. The third-order valence-electron chi connectivity index (χ3n) is 5.97. The van der Waals surface area contributed by atoms with Crippen molar-refractivity contribution in [1.29, 1.82) is 0 Å². The van der Waals surface area contributed by atoms with E-state index < -0.39 is 6.10 Å². The molecule has 31 heavy (non-hydrogen) atoms. The average molecular weight is 419 g/mol. The fourth-order valence-electron chi connectivity index (χ4n) is 4.35. The number of nitrogens with zero attached hydrogens (tertiary/aromatic N) is 5. The van der Waals surface area contributed by atoms with E-state index in [1.54, 1.807) is 10.7 Å². The molecule has 0 spiro atoms. The molecule has 5 rings (SSSR count). The van der Waals surface area contributed by atoms with Crippen LogP contribution in [0.5, 0.6) is 5.75 Å². The summed E-state index contributed by atoms with van der Waals surface area (Å²) in [5.74, 6) is 1.65. The lowest BCUT2D eigenvalue weighted by atomic mass is 9.96. The Kier molecular flexibility index (Phi) is 4.84. The van der Waals surface area contributed by atoms with Crippen molar-refractivity contribution in [2.75, 3.05) is 13.1 Å². The molecule has 160 valence electrons. The molecule has 0 N–H and O–H groups in total. The smallest absolute Gasteiger partial charge is 0.266 e. The van der Waals surface area contributed by atoms with Crippen LogP contribution < -0.4 is 10.3 Å². The molecular weight excluding hydrogens is 394 g/mol.